The average Bonchev–Trinajstić information content (AvgIpc) is 3.10. The number of carbonyl (C=O) groups excluding carboxylic acids is 1. The number of imidazole rings is 1. The zero-order valence-electron chi connectivity index (χ0n) is 14.0. The first-order valence-corrected chi connectivity index (χ1v) is 8.65. The molecule has 0 N–H and O–H groups in total. The number of para-hydroxylation sites is 2. The van der Waals surface area contributed by atoms with Crippen molar-refractivity contribution < 1.29 is 9.53 Å². The van der Waals surface area contributed by atoms with E-state index in [4.69, 9.17) is 4.74 Å². The maximum absolute atomic E-state index is 12.8. The second kappa shape index (κ2) is 7.07. The molecule has 0 aliphatic carbocycles. The molecule has 1 aliphatic rings. The van der Waals surface area contributed by atoms with Crippen LogP contribution in [0.1, 0.15) is 18.0 Å². The Morgan fingerprint density at radius 2 is 1.92 bits per heavy atom. The van der Waals surface area contributed by atoms with E-state index in [0.29, 0.717) is 32.7 Å². The number of carbonyl (C=O) groups is 1. The lowest BCUT2D eigenvalue weighted by Crippen LogP contribution is -2.43. The van der Waals surface area contributed by atoms with Crippen molar-refractivity contribution in [2.75, 3.05) is 19.8 Å². The molecule has 1 atom stereocenters. The molecule has 5 nitrogen and oxygen atoms in total. The SMILES string of the molecule is O=C(CCn1cnc2ccccc21)N1CCOCC1c1ccccc1. The molecule has 2 aromatic carbocycles. The number of morpholine rings is 1. The van der Waals surface area contributed by atoms with E-state index in [2.05, 4.69) is 17.1 Å². The van der Waals surface area contributed by atoms with Crippen LogP contribution >= 0.6 is 0 Å². The third-order valence-electron chi connectivity index (χ3n) is 4.73. The predicted octanol–water partition coefficient (Wildman–Crippen LogP) is 3.03. The zero-order valence-corrected chi connectivity index (χ0v) is 14.0. The highest BCUT2D eigenvalue weighted by Crippen LogP contribution is 2.25. The second-order valence-electron chi connectivity index (χ2n) is 6.27. The number of rotatable bonds is 4. The minimum atomic E-state index is 0.00183. The highest BCUT2D eigenvalue weighted by Gasteiger charge is 2.28. The van der Waals surface area contributed by atoms with Gasteiger partial charge in [-0.3, -0.25) is 4.79 Å². The van der Waals surface area contributed by atoms with Crippen LogP contribution in [0.4, 0.5) is 0 Å². The van der Waals surface area contributed by atoms with Crippen LogP contribution in [-0.2, 0) is 16.1 Å². The largest absolute Gasteiger partial charge is 0.377 e. The average molecular weight is 335 g/mol. The van der Waals surface area contributed by atoms with Crippen molar-refractivity contribution in [1.29, 1.82) is 0 Å². The normalized spacial score (nSPS) is 17.8. The molecule has 4 rings (SSSR count). The van der Waals surface area contributed by atoms with Crippen LogP contribution in [0.2, 0.25) is 0 Å². The van der Waals surface area contributed by atoms with E-state index in [9.17, 15) is 4.79 Å². The van der Waals surface area contributed by atoms with Gasteiger partial charge in [0.15, 0.2) is 0 Å². The highest BCUT2D eigenvalue weighted by molar-refractivity contribution is 5.78. The van der Waals surface area contributed by atoms with Crippen LogP contribution in [0.25, 0.3) is 11.0 Å². The van der Waals surface area contributed by atoms with Gasteiger partial charge in [0, 0.05) is 19.5 Å². The topological polar surface area (TPSA) is 47.4 Å². The van der Waals surface area contributed by atoms with Crippen LogP contribution in [-0.4, -0.2) is 40.1 Å². The van der Waals surface area contributed by atoms with E-state index in [1.807, 2.05) is 58.3 Å². The summed E-state index contributed by atoms with van der Waals surface area (Å²) in [6.45, 7) is 2.44. The number of ether oxygens (including phenoxy) is 1. The summed E-state index contributed by atoms with van der Waals surface area (Å²) in [4.78, 5) is 19.2. The van der Waals surface area contributed by atoms with Crippen LogP contribution in [0.5, 0.6) is 0 Å². The van der Waals surface area contributed by atoms with E-state index < -0.39 is 0 Å². The number of hydrogen-bond donors (Lipinski definition) is 0. The molecule has 0 bridgehead atoms. The molecule has 5 heteroatoms. The second-order valence-corrected chi connectivity index (χ2v) is 6.27. The molecule has 25 heavy (non-hydrogen) atoms. The van der Waals surface area contributed by atoms with Crippen LogP contribution in [0.3, 0.4) is 0 Å². The molecule has 1 unspecified atom stereocenters. The maximum Gasteiger partial charge on any atom is 0.225 e. The Morgan fingerprint density at radius 1 is 1.12 bits per heavy atom. The molecule has 2 heterocycles. The van der Waals surface area contributed by atoms with Crippen molar-refractivity contribution in [3.63, 3.8) is 0 Å². The molecule has 1 saturated heterocycles. The summed E-state index contributed by atoms with van der Waals surface area (Å²) in [5, 5.41) is 0. The number of nitrogens with zero attached hydrogens (tertiary/aromatic N) is 3. The minimum Gasteiger partial charge on any atom is -0.377 e. The summed E-state index contributed by atoms with van der Waals surface area (Å²) in [6.07, 6.45) is 2.27. The first-order chi connectivity index (χ1) is 12.3. The number of benzene rings is 2. The first kappa shape index (κ1) is 15.8. The van der Waals surface area contributed by atoms with Gasteiger partial charge in [-0.05, 0) is 17.7 Å². The number of aromatic nitrogens is 2. The van der Waals surface area contributed by atoms with Crippen molar-refractivity contribution in [1.82, 2.24) is 14.5 Å². The van der Waals surface area contributed by atoms with E-state index in [-0.39, 0.29) is 11.9 Å². The Kier molecular flexibility index (Phi) is 4.48. The fourth-order valence-electron chi connectivity index (χ4n) is 3.40. The van der Waals surface area contributed by atoms with E-state index in [1.165, 1.54) is 0 Å². The molecule has 0 spiro atoms. The molecular formula is C20H21N3O2. The minimum absolute atomic E-state index is 0.00183. The third kappa shape index (κ3) is 3.28. The molecule has 1 fully saturated rings. The van der Waals surface area contributed by atoms with Gasteiger partial charge in [0.05, 0.1) is 36.6 Å². The van der Waals surface area contributed by atoms with Gasteiger partial charge in [0.1, 0.15) is 0 Å². The lowest BCUT2D eigenvalue weighted by molar-refractivity contribution is -0.140. The van der Waals surface area contributed by atoms with Crippen molar-refractivity contribution in [3.8, 4) is 0 Å². The van der Waals surface area contributed by atoms with Gasteiger partial charge in [0.25, 0.3) is 0 Å². The summed E-state index contributed by atoms with van der Waals surface area (Å²) < 4.78 is 7.66. The van der Waals surface area contributed by atoms with Crippen LogP contribution < -0.4 is 0 Å². The van der Waals surface area contributed by atoms with Crippen molar-refractivity contribution in [2.45, 2.75) is 19.0 Å². The molecular weight excluding hydrogens is 314 g/mol. The lowest BCUT2D eigenvalue weighted by atomic mass is 10.0. The zero-order chi connectivity index (χ0) is 17.1. The van der Waals surface area contributed by atoms with Crippen molar-refractivity contribution >= 4 is 16.9 Å². The van der Waals surface area contributed by atoms with Crippen molar-refractivity contribution in [2.24, 2.45) is 0 Å². The van der Waals surface area contributed by atoms with Crippen molar-refractivity contribution in [3.05, 3.63) is 66.5 Å². The summed E-state index contributed by atoms with van der Waals surface area (Å²) >= 11 is 0. The summed E-state index contributed by atoms with van der Waals surface area (Å²) in [5.74, 6) is 0.162. The molecule has 0 radical (unpaired) electrons. The molecule has 128 valence electrons. The Labute approximate surface area is 146 Å². The highest BCUT2D eigenvalue weighted by atomic mass is 16.5. The van der Waals surface area contributed by atoms with Gasteiger partial charge in [-0.2, -0.15) is 0 Å². The van der Waals surface area contributed by atoms with E-state index >= 15 is 0 Å². The molecule has 1 aromatic heterocycles. The monoisotopic (exact) mass is 335 g/mol. The Bertz CT molecular complexity index is 860. The molecule has 0 saturated carbocycles. The van der Waals surface area contributed by atoms with E-state index in [1.54, 1.807) is 0 Å². The Hall–Kier alpha value is -2.66. The van der Waals surface area contributed by atoms with Gasteiger partial charge in [-0.15, -0.1) is 0 Å². The third-order valence-corrected chi connectivity index (χ3v) is 4.73. The molecule has 1 amide bonds. The fourth-order valence-corrected chi connectivity index (χ4v) is 3.40. The number of hydrogen-bond acceptors (Lipinski definition) is 3. The maximum atomic E-state index is 12.8. The fraction of sp³-hybridized carbons (Fsp3) is 0.300. The quantitative estimate of drug-likeness (QED) is 0.736. The summed E-state index contributed by atoms with van der Waals surface area (Å²) in [7, 11) is 0. The predicted molar refractivity (Wildman–Crippen MR) is 96.1 cm³/mol. The summed E-state index contributed by atoms with van der Waals surface area (Å²) in [5.41, 5.74) is 3.16. The number of amides is 1. The van der Waals surface area contributed by atoms with Gasteiger partial charge in [0.2, 0.25) is 5.91 Å². The van der Waals surface area contributed by atoms with Gasteiger partial charge < -0.3 is 14.2 Å². The number of aryl methyl sites for hydroxylation is 1. The van der Waals surface area contributed by atoms with Gasteiger partial charge >= 0.3 is 0 Å². The lowest BCUT2D eigenvalue weighted by Gasteiger charge is -2.36. The Morgan fingerprint density at radius 3 is 2.80 bits per heavy atom. The van der Waals surface area contributed by atoms with Gasteiger partial charge in [-0.1, -0.05) is 42.5 Å². The first-order valence-electron chi connectivity index (χ1n) is 8.65. The van der Waals surface area contributed by atoms with E-state index in [0.717, 1.165) is 16.6 Å². The van der Waals surface area contributed by atoms with Gasteiger partial charge in [-0.25, -0.2) is 4.98 Å². The summed E-state index contributed by atoms with van der Waals surface area (Å²) in [6, 6.07) is 18.1. The van der Waals surface area contributed by atoms with Crippen LogP contribution in [0, 0.1) is 0 Å². The van der Waals surface area contributed by atoms with Crippen LogP contribution in [0.15, 0.2) is 60.9 Å². The Balaban J connectivity index is 1.47. The number of fused-ring (bicyclic) bond motifs is 1. The molecule has 3 aromatic rings. The standard InChI is InChI=1S/C20H21N3O2/c24-20(10-11-22-15-21-17-8-4-5-9-18(17)22)23-12-13-25-14-19(23)16-6-2-1-3-7-16/h1-9,15,19H,10-14H2. The smallest absolute Gasteiger partial charge is 0.225 e. The molecule has 1 aliphatic heterocycles.